The molecule has 1 fully saturated rings. The van der Waals surface area contributed by atoms with Crippen molar-refractivity contribution < 1.29 is 31.8 Å². The van der Waals surface area contributed by atoms with Crippen molar-refractivity contribution in [1.82, 2.24) is 9.80 Å². The summed E-state index contributed by atoms with van der Waals surface area (Å²) >= 11 is 0. The number of carbonyl (C=O) groups is 1. The highest BCUT2D eigenvalue weighted by molar-refractivity contribution is 7.89. The fraction of sp³-hybridized carbons (Fsp3) is 0.500. The normalized spacial score (nSPS) is 17.7. The molecular weight excluding hydrogens is 443 g/mol. The molecule has 0 spiro atoms. The van der Waals surface area contributed by atoms with Gasteiger partial charge < -0.3 is 24.0 Å². The number of piperidine rings is 1. The smallest absolute Gasteiger partial charge is 0.410 e. The fourth-order valence-corrected chi connectivity index (χ4v) is 3.81. The minimum atomic E-state index is -4.23. The van der Waals surface area contributed by atoms with Crippen molar-refractivity contribution in [3.8, 4) is 5.75 Å². The maximum Gasteiger partial charge on any atom is 0.410 e. The van der Waals surface area contributed by atoms with Crippen molar-refractivity contribution in [2.75, 3.05) is 26.8 Å². The van der Waals surface area contributed by atoms with Crippen molar-refractivity contribution in [1.29, 1.82) is 0 Å². The highest BCUT2D eigenvalue weighted by atomic mass is 32.2. The second-order valence-corrected chi connectivity index (χ2v) is 9.30. The Morgan fingerprint density at radius 3 is 2.59 bits per heavy atom. The number of benzene rings is 1. The Balaban J connectivity index is 1.64. The average Bonchev–Trinajstić information content (AvgIpc) is 2.71. The van der Waals surface area contributed by atoms with Gasteiger partial charge in [0.1, 0.15) is 17.7 Å². The van der Waals surface area contributed by atoms with Gasteiger partial charge in [-0.2, -0.15) is 0 Å². The van der Waals surface area contributed by atoms with Gasteiger partial charge in [0.15, 0.2) is 11.6 Å². The number of nitrogens with two attached hydrogens (primary N) is 1. The predicted molar refractivity (Wildman–Crippen MR) is 114 cm³/mol. The molecule has 1 amide bonds. The first kappa shape index (κ1) is 23.8. The number of ether oxygens (including phenoxy) is 3. The number of likely N-dealkylation sites (tertiary alicyclic amines) is 1. The molecule has 0 bridgehead atoms. The summed E-state index contributed by atoms with van der Waals surface area (Å²) < 4.78 is 54.4. The van der Waals surface area contributed by atoms with Crippen molar-refractivity contribution >= 4 is 22.0 Å². The minimum Gasteiger partial charge on any atom is -0.474 e. The van der Waals surface area contributed by atoms with Crippen LogP contribution in [-0.2, 0) is 19.5 Å². The molecule has 2 aliphatic rings. The van der Waals surface area contributed by atoms with Crippen molar-refractivity contribution in [2.45, 2.75) is 43.8 Å². The molecule has 32 heavy (non-hydrogen) atoms. The summed E-state index contributed by atoms with van der Waals surface area (Å²) in [5.41, 5.74) is 0. The molecule has 0 saturated carbocycles. The van der Waals surface area contributed by atoms with E-state index in [4.69, 9.17) is 19.3 Å². The number of primary sulfonamides is 1. The minimum absolute atomic E-state index is 0.153. The van der Waals surface area contributed by atoms with Crippen LogP contribution in [0.25, 0.3) is 0 Å². The number of rotatable bonds is 5. The molecule has 2 aliphatic heterocycles. The van der Waals surface area contributed by atoms with Crippen LogP contribution in [0.5, 0.6) is 5.75 Å². The molecule has 176 valence electrons. The van der Waals surface area contributed by atoms with Gasteiger partial charge in [-0.15, -0.1) is 0 Å². The van der Waals surface area contributed by atoms with E-state index in [1.807, 2.05) is 0 Å². The van der Waals surface area contributed by atoms with Crippen molar-refractivity contribution in [3.63, 3.8) is 0 Å². The average molecular weight is 471 g/mol. The third-order valence-electron chi connectivity index (χ3n) is 4.83. The molecule has 2 N–H and O–H groups in total. The predicted octanol–water partition coefficient (Wildman–Crippen LogP) is 2.02. The molecule has 0 radical (unpaired) electrons. The first-order valence-electron chi connectivity index (χ1n) is 10.1. The largest absolute Gasteiger partial charge is 0.474 e. The summed E-state index contributed by atoms with van der Waals surface area (Å²) in [7, 11) is -2.54. The van der Waals surface area contributed by atoms with Gasteiger partial charge in [-0.25, -0.2) is 27.7 Å². The number of hydrogen-bond acceptors (Lipinski definition) is 8. The standard InChI is InChI=1S/C20H27FN4O6S/c1-13(2)29-20(26)25-9-7-14(8-10-25)30-17-11-18(24(3)12-23-17)31-15-5-4-6-16(19(15)21)32(22,27)28/h4-6,11,13-14H,7-10,12H2,1-3H3,(H2,22,27,28). The SMILES string of the molecule is CC(C)OC(=O)N1CCC(OC2=NCN(C)C(Oc3cccc(S(N)(=O)=O)c3F)=C2)CC1. The van der Waals surface area contributed by atoms with Gasteiger partial charge in [0.25, 0.3) is 0 Å². The Morgan fingerprint density at radius 2 is 1.97 bits per heavy atom. The summed E-state index contributed by atoms with van der Waals surface area (Å²) in [5.74, 6) is -0.814. The Bertz CT molecular complexity index is 1020. The van der Waals surface area contributed by atoms with E-state index in [1.54, 1.807) is 30.7 Å². The van der Waals surface area contributed by atoms with Gasteiger partial charge >= 0.3 is 6.09 Å². The van der Waals surface area contributed by atoms with Gasteiger partial charge in [-0.3, -0.25) is 0 Å². The molecule has 0 aromatic heterocycles. The molecule has 1 saturated heterocycles. The van der Waals surface area contributed by atoms with E-state index >= 15 is 0 Å². The first-order chi connectivity index (χ1) is 15.0. The second-order valence-electron chi connectivity index (χ2n) is 7.77. The Hall–Kier alpha value is -2.86. The van der Waals surface area contributed by atoms with E-state index in [9.17, 15) is 17.6 Å². The zero-order valence-electron chi connectivity index (χ0n) is 18.2. The maximum atomic E-state index is 14.6. The van der Waals surface area contributed by atoms with Gasteiger partial charge in [0, 0.05) is 33.0 Å². The highest BCUT2D eigenvalue weighted by Crippen LogP contribution is 2.26. The van der Waals surface area contributed by atoms with Gasteiger partial charge in [0.05, 0.1) is 12.2 Å². The molecule has 1 aromatic carbocycles. The van der Waals surface area contributed by atoms with Gasteiger partial charge in [0.2, 0.25) is 21.8 Å². The zero-order chi connectivity index (χ0) is 23.5. The third-order valence-corrected chi connectivity index (χ3v) is 5.76. The third kappa shape index (κ3) is 5.88. The van der Waals surface area contributed by atoms with Crippen LogP contribution in [0.2, 0.25) is 0 Å². The summed E-state index contributed by atoms with van der Waals surface area (Å²) in [6, 6.07) is 3.71. The van der Waals surface area contributed by atoms with E-state index < -0.39 is 20.7 Å². The number of carbonyl (C=O) groups excluding carboxylic acids is 1. The van der Waals surface area contributed by atoms with Crippen LogP contribution in [0.3, 0.4) is 0 Å². The Kier molecular flexibility index (Phi) is 7.24. The molecule has 0 aliphatic carbocycles. The number of halogens is 1. The Morgan fingerprint density at radius 1 is 1.28 bits per heavy atom. The van der Waals surface area contributed by atoms with E-state index in [0.29, 0.717) is 31.8 Å². The van der Waals surface area contributed by atoms with Crippen LogP contribution in [-0.4, -0.2) is 69.2 Å². The summed E-state index contributed by atoms with van der Waals surface area (Å²) in [5, 5.41) is 5.05. The first-order valence-corrected chi connectivity index (χ1v) is 11.7. The monoisotopic (exact) mass is 470 g/mol. The summed E-state index contributed by atoms with van der Waals surface area (Å²) in [4.78, 5) is 18.9. The van der Waals surface area contributed by atoms with Crippen LogP contribution >= 0.6 is 0 Å². The van der Waals surface area contributed by atoms with E-state index in [0.717, 1.165) is 6.07 Å². The van der Waals surface area contributed by atoms with Crippen LogP contribution in [0.1, 0.15) is 26.7 Å². The molecule has 0 unspecified atom stereocenters. The number of aliphatic imine (C=N–C) groups is 1. The molecule has 1 aromatic rings. The Labute approximate surface area is 186 Å². The van der Waals surface area contributed by atoms with Crippen LogP contribution in [0.15, 0.2) is 40.0 Å². The topological polar surface area (TPSA) is 124 Å². The number of sulfonamides is 1. The van der Waals surface area contributed by atoms with Crippen molar-refractivity contribution in [2.24, 2.45) is 10.1 Å². The van der Waals surface area contributed by atoms with Crippen LogP contribution in [0, 0.1) is 5.82 Å². The molecule has 12 heteroatoms. The van der Waals surface area contributed by atoms with Crippen LogP contribution < -0.4 is 9.88 Å². The molecule has 10 nitrogen and oxygen atoms in total. The van der Waals surface area contributed by atoms with Crippen LogP contribution in [0.4, 0.5) is 9.18 Å². The zero-order valence-corrected chi connectivity index (χ0v) is 19.0. The molecular formula is C20H27FN4O6S. The molecule has 3 rings (SSSR count). The molecule has 0 atom stereocenters. The lowest BCUT2D eigenvalue weighted by atomic mass is 10.1. The van der Waals surface area contributed by atoms with Gasteiger partial charge in [-0.1, -0.05) is 6.07 Å². The lowest BCUT2D eigenvalue weighted by Gasteiger charge is -2.32. The van der Waals surface area contributed by atoms with E-state index in [-0.39, 0.29) is 36.6 Å². The van der Waals surface area contributed by atoms with Crippen molar-refractivity contribution in [3.05, 3.63) is 36.0 Å². The summed E-state index contributed by atoms with van der Waals surface area (Å²) in [6.45, 7) is 4.81. The van der Waals surface area contributed by atoms with E-state index in [1.165, 1.54) is 18.2 Å². The fourth-order valence-electron chi connectivity index (χ4n) is 3.19. The van der Waals surface area contributed by atoms with Gasteiger partial charge in [-0.05, 0) is 26.0 Å². The highest BCUT2D eigenvalue weighted by Gasteiger charge is 2.27. The number of hydrogen-bond donors (Lipinski definition) is 1. The molecule has 2 heterocycles. The maximum absolute atomic E-state index is 14.6. The number of nitrogens with zero attached hydrogens (tertiary/aromatic N) is 3. The lowest BCUT2D eigenvalue weighted by molar-refractivity contribution is 0.0488. The summed E-state index contributed by atoms with van der Waals surface area (Å²) in [6.07, 6.45) is 2.05. The quantitative estimate of drug-likeness (QED) is 0.698. The number of amides is 1. The van der Waals surface area contributed by atoms with E-state index in [2.05, 4.69) is 4.99 Å². The lowest BCUT2D eigenvalue weighted by Crippen LogP contribution is -2.42. The second kappa shape index (κ2) is 9.74.